The molecule has 0 aliphatic carbocycles. The molecule has 9 heteroatoms. The Morgan fingerprint density at radius 1 is 1.21 bits per heavy atom. The van der Waals surface area contributed by atoms with Crippen molar-refractivity contribution in [3.8, 4) is 11.5 Å². The molecule has 2 aromatic carbocycles. The summed E-state index contributed by atoms with van der Waals surface area (Å²) in [5, 5.41) is 0. The lowest BCUT2D eigenvalue weighted by molar-refractivity contribution is -0.139. The largest absolute Gasteiger partial charge is 0.493 e. The molecule has 1 aromatic heterocycles. The normalized spacial score (nSPS) is 15.6. The van der Waals surface area contributed by atoms with Gasteiger partial charge in [0.25, 0.3) is 5.56 Å². The van der Waals surface area contributed by atoms with Crippen molar-refractivity contribution in [3.05, 3.63) is 89.0 Å². The Hall–Kier alpha value is -3.17. The van der Waals surface area contributed by atoms with Crippen LogP contribution in [-0.2, 0) is 9.53 Å². The van der Waals surface area contributed by atoms with Crippen LogP contribution in [0.25, 0.3) is 6.08 Å². The van der Waals surface area contributed by atoms with Crippen LogP contribution in [-0.4, -0.2) is 31.4 Å². The molecule has 1 aliphatic heterocycles. The van der Waals surface area contributed by atoms with Gasteiger partial charge in [-0.25, -0.2) is 9.79 Å². The fourth-order valence-corrected chi connectivity index (χ4v) is 5.58. The standard InChI is InChI=1S/C25H23BrN2O5S/c1-5-33-24(30)20-14(2)27-25-28(21(20)16-9-7-6-8-10-16)23(29)19(34-25)13-15-11-17(26)22(32-4)18(12-15)31-3/h6-13,21H,5H2,1-4H3/b19-13-/t21-/m0/s1. The molecule has 0 N–H and O–H groups in total. The van der Waals surface area contributed by atoms with Crippen molar-refractivity contribution in [3.63, 3.8) is 0 Å². The number of ether oxygens (including phenoxy) is 3. The van der Waals surface area contributed by atoms with Gasteiger partial charge in [0.15, 0.2) is 16.3 Å². The molecule has 3 aromatic rings. The minimum absolute atomic E-state index is 0.232. The van der Waals surface area contributed by atoms with Gasteiger partial charge in [0.05, 0.1) is 47.1 Å². The Labute approximate surface area is 208 Å². The molecule has 0 unspecified atom stereocenters. The number of hydrogen-bond donors (Lipinski definition) is 0. The third kappa shape index (κ3) is 4.33. The first-order valence-electron chi connectivity index (χ1n) is 10.6. The third-order valence-corrected chi connectivity index (χ3v) is 6.96. The van der Waals surface area contributed by atoms with Crippen LogP contribution >= 0.6 is 27.3 Å². The molecule has 1 aliphatic rings. The Bertz CT molecular complexity index is 1460. The van der Waals surface area contributed by atoms with Crippen molar-refractivity contribution in [1.82, 2.24) is 4.57 Å². The summed E-state index contributed by atoms with van der Waals surface area (Å²) in [4.78, 5) is 31.6. The summed E-state index contributed by atoms with van der Waals surface area (Å²) in [6.07, 6.45) is 1.78. The second-order valence-corrected chi connectivity index (χ2v) is 9.31. The van der Waals surface area contributed by atoms with Crippen LogP contribution in [0.15, 0.2) is 68.0 Å². The lowest BCUT2D eigenvalue weighted by atomic mass is 9.96. The number of fused-ring (bicyclic) bond motifs is 1. The first kappa shape index (κ1) is 24.0. The predicted octanol–water partition coefficient (Wildman–Crippen LogP) is 3.58. The minimum atomic E-state index is -0.629. The van der Waals surface area contributed by atoms with E-state index in [4.69, 9.17) is 14.2 Å². The molecule has 7 nitrogen and oxygen atoms in total. The molecule has 0 fully saturated rings. The topological polar surface area (TPSA) is 79.1 Å². The lowest BCUT2D eigenvalue weighted by Crippen LogP contribution is -2.39. The quantitative estimate of drug-likeness (QED) is 0.445. The summed E-state index contributed by atoms with van der Waals surface area (Å²) in [7, 11) is 3.12. The van der Waals surface area contributed by atoms with Crippen LogP contribution in [0.1, 0.15) is 31.0 Å². The number of carbonyl (C=O) groups excluding carboxylic acids is 1. The highest BCUT2D eigenvalue weighted by Gasteiger charge is 2.33. The number of allylic oxidation sites excluding steroid dienone is 1. The highest BCUT2D eigenvalue weighted by molar-refractivity contribution is 9.10. The molecular formula is C25H23BrN2O5S. The zero-order chi connectivity index (χ0) is 24.4. The van der Waals surface area contributed by atoms with Gasteiger partial charge in [-0.3, -0.25) is 9.36 Å². The summed E-state index contributed by atoms with van der Waals surface area (Å²) >= 11 is 4.76. The molecule has 176 valence electrons. The number of esters is 1. The van der Waals surface area contributed by atoms with Gasteiger partial charge in [-0.05, 0) is 59.1 Å². The van der Waals surface area contributed by atoms with Crippen molar-refractivity contribution < 1.29 is 19.0 Å². The van der Waals surface area contributed by atoms with E-state index in [9.17, 15) is 9.59 Å². The summed E-state index contributed by atoms with van der Waals surface area (Å²) in [5.41, 5.74) is 2.22. The maximum absolute atomic E-state index is 13.6. The van der Waals surface area contributed by atoms with Gasteiger partial charge in [-0.15, -0.1) is 0 Å². The molecule has 0 bridgehead atoms. The first-order chi connectivity index (χ1) is 16.4. The van der Waals surface area contributed by atoms with E-state index in [1.165, 1.54) is 11.3 Å². The molecular weight excluding hydrogens is 520 g/mol. The van der Waals surface area contributed by atoms with Crippen molar-refractivity contribution in [2.24, 2.45) is 4.99 Å². The number of halogens is 1. The summed E-state index contributed by atoms with van der Waals surface area (Å²) < 4.78 is 18.9. The monoisotopic (exact) mass is 542 g/mol. The number of benzene rings is 2. The van der Waals surface area contributed by atoms with Crippen LogP contribution in [0.5, 0.6) is 11.5 Å². The van der Waals surface area contributed by atoms with E-state index < -0.39 is 12.0 Å². The summed E-state index contributed by atoms with van der Waals surface area (Å²) in [5.74, 6) is 0.633. The van der Waals surface area contributed by atoms with E-state index in [1.807, 2.05) is 36.4 Å². The molecule has 34 heavy (non-hydrogen) atoms. The van der Waals surface area contributed by atoms with E-state index in [1.54, 1.807) is 44.8 Å². The van der Waals surface area contributed by atoms with Crippen molar-refractivity contribution in [1.29, 1.82) is 0 Å². The smallest absolute Gasteiger partial charge is 0.338 e. The number of nitrogens with zero attached hydrogens (tertiary/aromatic N) is 2. The van der Waals surface area contributed by atoms with E-state index in [0.29, 0.717) is 36.6 Å². The summed E-state index contributed by atoms with van der Waals surface area (Å²) in [6.45, 7) is 3.75. The minimum Gasteiger partial charge on any atom is -0.493 e. The predicted molar refractivity (Wildman–Crippen MR) is 134 cm³/mol. The van der Waals surface area contributed by atoms with Crippen LogP contribution in [0.2, 0.25) is 0 Å². The fraction of sp³-hybridized carbons (Fsp3) is 0.240. The molecule has 2 heterocycles. The van der Waals surface area contributed by atoms with E-state index in [2.05, 4.69) is 20.9 Å². The SMILES string of the molecule is CCOC(=O)C1=C(C)N=c2s/c(=C\c3cc(Br)c(OC)c(OC)c3)c(=O)n2[C@H]1c1ccccc1. The van der Waals surface area contributed by atoms with Gasteiger partial charge in [-0.1, -0.05) is 41.7 Å². The molecule has 0 radical (unpaired) electrons. The molecule has 1 atom stereocenters. The molecule has 0 saturated carbocycles. The zero-order valence-electron chi connectivity index (χ0n) is 19.1. The van der Waals surface area contributed by atoms with Gasteiger partial charge < -0.3 is 14.2 Å². The number of aromatic nitrogens is 1. The van der Waals surface area contributed by atoms with Crippen LogP contribution < -0.4 is 24.4 Å². The van der Waals surface area contributed by atoms with Crippen LogP contribution in [0.4, 0.5) is 0 Å². The number of hydrogen-bond acceptors (Lipinski definition) is 7. The van der Waals surface area contributed by atoms with Crippen LogP contribution in [0.3, 0.4) is 0 Å². The number of methoxy groups -OCH3 is 2. The van der Waals surface area contributed by atoms with Gasteiger partial charge in [-0.2, -0.15) is 0 Å². The van der Waals surface area contributed by atoms with Gasteiger partial charge in [0.1, 0.15) is 0 Å². The van der Waals surface area contributed by atoms with Gasteiger partial charge in [0.2, 0.25) is 0 Å². The first-order valence-corrected chi connectivity index (χ1v) is 12.2. The maximum atomic E-state index is 13.6. The third-order valence-electron chi connectivity index (χ3n) is 5.39. The molecule has 0 amide bonds. The van der Waals surface area contributed by atoms with Crippen LogP contribution in [0, 0.1) is 0 Å². The van der Waals surface area contributed by atoms with Crippen molar-refractivity contribution in [2.75, 3.05) is 20.8 Å². The zero-order valence-corrected chi connectivity index (χ0v) is 21.5. The fourth-order valence-electron chi connectivity index (χ4n) is 3.91. The molecule has 0 saturated heterocycles. The second kappa shape index (κ2) is 9.99. The molecule has 0 spiro atoms. The highest BCUT2D eigenvalue weighted by atomic mass is 79.9. The average molecular weight is 543 g/mol. The number of rotatable bonds is 6. The Kier molecular flexibility index (Phi) is 7.04. The Morgan fingerprint density at radius 2 is 1.94 bits per heavy atom. The van der Waals surface area contributed by atoms with E-state index in [0.717, 1.165) is 11.1 Å². The van der Waals surface area contributed by atoms with Gasteiger partial charge in [0, 0.05) is 0 Å². The Balaban J connectivity index is 1.94. The van der Waals surface area contributed by atoms with E-state index in [-0.39, 0.29) is 12.2 Å². The summed E-state index contributed by atoms with van der Waals surface area (Å²) in [6, 6.07) is 12.5. The Morgan fingerprint density at radius 3 is 2.59 bits per heavy atom. The van der Waals surface area contributed by atoms with Crippen molar-refractivity contribution >= 4 is 39.3 Å². The lowest BCUT2D eigenvalue weighted by Gasteiger charge is -2.24. The highest BCUT2D eigenvalue weighted by Crippen LogP contribution is 2.36. The van der Waals surface area contributed by atoms with E-state index >= 15 is 0 Å². The number of carbonyl (C=O) groups is 1. The average Bonchev–Trinajstić information content (AvgIpc) is 3.12. The van der Waals surface area contributed by atoms with Crippen molar-refractivity contribution in [2.45, 2.75) is 19.9 Å². The second-order valence-electron chi connectivity index (χ2n) is 7.45. The van der Waals surface area contributed by atoms with Gasteiger partial charge >= 0.3 is 5.97 Å². The molecule has 4 rings (SSSR count). The maximum Gasteiger partial charge on any atom is 0.338 e. The number of thiazole rings is 1.